The maximum Gasteiger partial charge on any atom is 0.311 e. The molecule has 2 aromatic rings. The third kappa shape index (κ3) is 3.37. The molecule has 6 nitrogen and oxygen atoms in total. The second-order valence-electron chi connectivity index (χ2n) is 5.86. The molecule has 0 spiro atoms. The highest BCUT2D eigenvalue weighted by Gasteiger charge is 2.36. The summed E-state index contributed by atoms with van der Waals surface area (Å²) < 4.78 is 5.08. The van der Waals surface area contributed by atoms with Crippen LogP contribution in [0.5, 0.6) is 0 Å². The number of anilines is 1. The van der Waals surface area contributed by atoms with Crippen molar-refractivity contribution in [1.29, 1.82) is 0 Å². The van der Waals surface area contributed by atoms with Gasteiger partial charge in [0.05, 0.1) is 11.6 Å². The van der Waals surface area contributed by atoms with Crippen LogP contribution in [0, 0.1) is 12.8 Å². The van der Waals surface area contributed by atoms with Crippen LogP contribution in [-0.4, -0.2) is 35.8 Å². The number of esters is 1. The van der Waals surface area contributed by atoms with Crippen molar-refractivity contribution in [3.8, 4) is 0 Å². The van der Waals surface area contributed by atoms with Gasteiger partial charge in [0.25, 0.3) is 0 Å². The number of ether oxygens (including phenoxy) is 1. The molecule has 1 N–H and O–H groups in total. The molecular formula is C18H18N2O4. The molecule has 6 heteroatoms. The van der Waals surface area contributed by atoms with Crippen molar-refractivity contribution in [1.82, 2.24) is 4.98 Å². The van der Waals surface area contributed by atoms with Crippen LogP contribution in [0.3, 0.4) is 0 Å². The molecule has 0 saturated carbocycles. The van der Waals surface area contributed by atoms with Gasteiger partial charge in [-0.2, -0.15) is 0 Å². The third-order valence-electron chi connectivity index (χ3n) is 4.05. The highest BCUT2D eigenvalue weighted by molar-refractivity contribution is 6.00. The number of hydrogen-bond acceptors (Lipinski definition) is 4. The molecule has 1 aromatic carbocycles. The number of Topliss-reactive ketones (excluding diaryl/α,β-unsaturated/α-hetero) is 1. The Morgan fingerprint density at radius 3 is 2.67 bits per heavy atom. The SMILES string of the molecule is Cc1ccc(N2C[C@H](C(=O)OCC(=O)c3ccc[nH]3)CC2=O)cc1. The van der Waals surface area contributed by atoms with Gasteiger partial charge in [-0.15, -0.1) is 0 Å². The predicted octanol–water partition coefficient (Wildman–Crippen LogP) is 2.10. The first-order valence-electron chi connectivity index (χ1n) is 7.75. The van der Waals surface area contributed by atoms with E-state index < -0.39 is 11.9 Å². The van der Waals surface area contributed by atoms with Crippen LogP contribution in [-0.2, 0) is 14.3 Å². The molecule has 2 heterocycles. The zero-order valence-electron chi connectivity index (χ0n) is 13.3. The molecular weight excluding hydrogens is 308 g/mol. The van der Waals surface area contributed by atoms with Crippen LogP contribution in [0.1, 0.15) is 22.5 Å². The summed E-state index contributed by atoms with van der Waals surface area (Å²) in [7, 11) is 0. The Morgan fingerprint density at radius 1 is 1.25 bits per heavy atom. The minimum Gasteiger partial charge on any atom is -0.457 e. The summed E-state index contributed by atoms with van der Waals surface area (Å²) in [6.45, 7) is 1.92. The minimum atomic E-state index is -0.546. The van der Waals surface area contributed by atoms with Crippen LogP contribution in [0.25, 0.3) is 0 Å². The van der Waals surface area contributed by atoms with Gasteiger partial charge in [0.15, 0.2) is 6.61 Å². The average Bonchev–Trinajstić information content (AvgIpc) is 3.23. The minimum absolute atomic E-state index is 0.101. The number of benzene rings is 1. The molecule has 1 amide bonds. The van der Waals surface area contributed by atoms with E-state index in [9.17, 15) is 14.4 Å². The number of rotatable bonds is 5. The van der Waals surface area contributed by atoms with Crippen LogP contribution >= 0.6 is 0 Å². The van der Waals surface area contributed by atoms with Gasteiger partial charge in [-0.25, -0.2) is 0 Å². The monoisotopic (exact) mass is 326 g/mol. The van der Waals surface area contributed by atoms with E-state index in [1.165, 1.54) is 0 Å². The van der Waals surface area contributed by atoms with Gasteiger partial charge in [-0.3, -0.25) is 14.4 Å². The van der Waals surface area contributed by atoms with E-state index in [-0.39, 0.29) is 31.3 Å². The van der Waals surface area contributed by atoms with E-state index in [1.54, 1.807) is 23.2 Å². The molecule has 3 rings (SSSR count). The molecule has 0 radical (unpaired) electrons. The molecule has 0 bridgehead atoms. The molecule has 1 fully saturated rings. The Balaban J connectivity index is 1.58. The Hall–Kier alpha value is -2.89. The standard InChI is InChI=1S/C18H18N2O4/c1-12-4-6-14(7-5-12)20-10-13(9-17(20)22)18(23)24-11-16(21)15-3-2-8-19-15/h2-8,13,19H,9-11H2,1H3/t13-/m1/s1. The molecule has 1 aliphatic rings. The summed E-state index contributed by atoms with van der Waals surface area (Å²) in [5.41, 5.74) is 2.26. The predicted molar refractivity (Wildman–Crippen MR) is 87.7 cm³/mol. The molecule has 1 atom stereocenters. The lowest BCUT2D eigenvalue weighted by molar-refractivity contribution is -0.147. The number of aryl methyl sites for hydroxylation is 1. The molecule has 1 saturated heterocycles. The lowest BCUT2D eigenvalue weighted by Gasteiger charge is -2.16. The zero-order valence-corrected chi connectivity index (χ0v) is 13.3. The van der Waals surface area contributed by atoms with Gasteiger partial charge in [-0.1, -0.05) is 17.7 Å². The first kappa shape index (κ1) is 16.0. The second-order valence-corrected chi connectivity index (χ2v) is 5.86. The van der Waals surface area contributed by atoms with Crippen molar-refractivity contribution in [2.45, 2.75) is 13.3 Å². The van der Waals surface area contributed by atoms with E-state index >= 15 is 0 Å². The van der Waals surface area contributed by atoms with Gasteiger partial charge in [0.1, 0.15) is 0 Å². The number of carbonyl (C=O) groups excluding carboxylic acids is 3. The normalized spacial score (nSPS) is 17.1. The van der Waals surface area contributed by atoms with E-state index in [2.05, 4.69) is 4.98 Å². The Labute approximate surface area is 139 Å². The summed E-state index contributed by atoms with van der Waals surface area (Å²) in [5, 5.41) is 0. The molecule has 1 aromatic heterocycles. The first-order valence-corrected chi connectivity index (χ1v) is 7.75. The zero-order chi connectivity index (χ0) is 17.1. The second kappa shape index (κ2) is 6.70. The molecule has 0 aliphatic carbocycles. The number of nitrogens with one attached hydrogen (secondary N) is 1. The number of ketones is 1. The van der Waals surface area contributed by atoms with Gasteiger partial charge >= 0.3 is 5.97 Å². The maximum atomic E-state index is 12.1. The van der Waals surface area contributed by atoms with Crippen molar-refractivity contribution in [3.63, 3.8) is 0 Å². The van der Waals surface area contributed by atoms with E-state index in [0.717, 1.165) is 11.3 Å². The number of aromatic amines is 1. The van der Waals surface area contributed by atoms with Crippen molar-refractivity contribution < 1.29 is 19.1 Å². The topological polar surface area (TPSA) is 79.5 Å². The van der Waals surface area contributed by atoms with Gasteiger partial charge < -0.3 is 14.6 Å². The molecule has 24 heavy (non-hydrogen) atoms. The smallest absolute Gasteiger partial charge is 0.311 e. The van der Waals surface area contributed by atoms with Crippen LogP contribution in [0.2, 0.25) is 0 Å². The Kier molecular flexibility index (Phi) is 4.46. The fourth-order valence-corrected chi connectivity index (χ4v) is 2.68. The summed E-state index contributed by atoms with van der Waals surface area (Å²) in [6, 6.07) is 10.9. The third-order valence-corrected chi connectivity index (χ3v) is 4.05. The van der Waals surface area contributed by atoms with Crippen molar-refractivity contribution >= 4 is 23.3 Å². The maximum absolute atomic E-state index is 12.1. The fourth-order valence-electron chi connectivity index (χ4n) is 2.68. The van der Waals surface area contributed by atoms with Gasteiger partial charge in [-0.05, 0) is 31.2 Å². The van der Waals surface area contributed by atoms with Gasteiger partial charge in [0, 0.05) is 24.8 Å². The number of carbonyl (C=O) groups is 3. The molecule has 1 aliphatic heterocycles. The average molecular weight is 326 g/mol. The van der Waals surface area contributed by atoms with Crippen molar-refractivity contribution in [2.75, 3.05) is 18.1 Å². The Bertz CT molecular complexity index is 750. The van der Waals surface area contributed by atoms with Crippen LogP contribution in [0.4, 0.5) is 5.69 Å². The number of H-pyrrole nitrogens is 1. The summed E-state index contributed by atoms with van der Waals surface area (Å²) in [5.74, 6) is -1.47. The highest BCUT2D eigenvalue weighted by atomic mass is 16.5. The first-order chi connectivity index (χ1) is 11.5. The summed E-state index contributed by atoms with van der Waals surface area (Å²) >= 11 is 0. The quantitative estimate of drug-likeness (QED) is 0.674. The van der Waals surface area contributed by atoms with Crippen molar-refractivity contribution in [3.05, 3.63) is 53.9 Å². The summed E-state index contributed by atoms with van der Waals surface area (Å²) in [4.78, 5) is 40.4. The molecule has 0 unspecified atom stereocenters. The van der Waals surface area contributed by atoms with E-state index in [0.29, 0.717) is 5.69 Å². The fraction of sp³-hybridized carbons (Fsp3) is 0.278. The van der Waals surface area contributed by atoms with Crippen LogP contribution < -0.4 is 4.90 Å². The number of aromatic nitrogens is 1. The number of amides is 1. The number of hydrogen-bond donors (Lipinski definition) is 1. The lowest BCUT2D eigenvalue weighted by atomic mass is 10.1. The largest absolute Gasteiger partial charge is 0.457 e. The number of nitrogens with zero attached hydrogens (tertiary/aromatic N) is 1. The van der Waals surface area contributed by atoms with Gasteiger partial charge in [0.2, 0.25) is 11.7 Å². The van der Waals surface area contributed by atoms with E-state index in [4.69, 9.17) is 4.74 Å². The highest BCUT2D eigenvalue weighted by Crippen LogP contribution is 2.26. The van der Waals surface area contributed by atoms with Crippen molar-refractivity contribution in [2.24, 2.45) is 5.92 Å². The lowest BCUT2D eigenvalue weighted by Crippen LogP contribution is -2.27. The van der Waals surface area contributed by atoms with Crippen LogP contribution in [0.15, 0.2) is 42.6 Å². The summed E-state index contributed by atoms with van der Waals surface area (Å²) in [6.07, 6.45) is 1.73. The molecule has 124 valence electrons. The Morgan fingerprint density at radius 2 is 2.00 bits per heavy atom. The van der Waals surface area contributed by atoms with E-state index in [1.807, 2.05) is 31.2 Å².